The Morgan fingerprint density at radius 1 is 1.41 bits per heavy atom. The number of para-hydroxylation sites is 1. The second-order valence-corrected chi connectivity index (χ2v) is 3.63. The van der Waals surface area contributed by atoms with Crippen molar-refractivity contribution in [2.45, 2.75) is 13.0 Å². The maximum absolute atomic E-state index is 11.1. The first-order valence-electron chi connectivity index (χ1n) is 5.05. The number of aromatic nitrogens is 2. The summed E-state index contributed by atoms with van der Waals surface area (Å²) in [5.41, 5.74) is 6.34. The van der Waals surface area contributed by atoms with Crippen LogP contribution < -0.4 is 5.73 Å². The van der Waals surface area contributed by atoms with Gasteiger partial charge in [0.05, 0.1) is 22.9 Å². The molecule has 0 aliphatic heterocycles. The van der Waals surface area contributed by atoms with Gasteiger partial charge in [-0.3, -0.25) is 4.79 Å². The Kier molecular flexibility index (Phi) is 2.78. The molecule has 1 heterocycles. The van der Waals surface area contributed by atoms with Crippen LogP contribution in [0.1, 0.15) is 16.8 Å². The zero-order chi connectivity index (χ0) is 12.4. The molecule has 1 aromatic heterocycles. The van der Waals surface area contributed by atoms with Gasteiger partial charge in [-0.25, -0.2) is 9.78 Å². The van der Waals surface area contributed by atoms with E-state index < -0.39 is 11.9 Å². The van der Waals surface area contributed by atoms with Crippen molar-refractivity contribution in [3.8, 4) is 0 Å². The number of hydrogen-bond donors (Lipinski definition) is 2. The number of amides is 1. The highest BCUT2D eigenvalue weighted by Gasteiger charge is 2.13. The minimum atomic E-state index is -1.02. The van der Waals surface area contributed by atoms with Gasteiger partial charge < -0.3 is 15.4 Å². The Morgan fingerprint density at radius 2 is 2.18 bits per heavy atom. The second-order valence-electron chi connectivity index (χ2n) is 3.63. The highest BCUT2D eigenvalue weighted by Crippen LogP contribution is 2.18. The number of rotatable bonds is 4. The topological polar surface area (TPSA) is 98.2 Å². The van der Waals surface area contributed by atoms with Gasteiger partial charge in [-0.2, -0.15) is 0 Å². The number of nitrogens with zero attached hydrogens (tertiary/aromatic N) is 2. The van der Waals surface area contributed by atoms with Crippen molar-refractivity contribution in [1.29, 1.82) is 0 Å². The molecule has 6 heteroatoms. The van der Waals surface area contributed by atoms with Crippen molar-refractivity contribution in [2.24, 2.45) is 5.73 Å². The van der Waals surface area contributed by atoms with Gasteiger partial charge in [0.2, 0.25) is 5.91 Å². The first kappa shape index (κ1) is 11.1. The smallest absolute Gasteiger partial charge is 0.337 e. The Balaban J connectivity index is 2.49. The van der Waals surface area contributed by atoms with Crippen LogP contribution in [-0.2, 0) is 11.3 Å². The number of aromatic carboxylic acids is 1. The Hall–Kier alpha value is -2.37. The lowest BCUT2D eigenvalue weighted by Crippen LogP contribution is -2.14. The Bertz CT molecular complexity index is 589. The van der Waals surface area contributed by atoms with Crippen LogP contribution in [0.3, 0.4) is 0 Å². The van der Waals surface area contributed by atoms with E-state index in [0.29, 0.717) is 17.6 Å². The molecule has 0 saturated carbocycles. The second kappa shape index (κ2) is 4.25. The summed E-state index contributed by atoms with van der Waals surface area (Å²) < 4.78 is 1.63. The summed E-state index contributed by atoms with van der Waals surface area (Å²) in [5.74, 6) is -1.45. The molecule has 6 nitrogen and oxygen atoms in total. The average molecular weight is 233 g/mol. The largest absolute Gasteiger partial charge is 0.478 e. The monoisotopic (exact) mass is 233 g/mol. The van der Waals surface area contributed by atoms with Crippen LogP contribution >= 0.6 is 0 Å². The molecule has 0 bridgehead atoms. The number of hydrogen-bond acceptors (Lipinski definition) is 3. The summed E-state index contributed by atoms with van der Waals surface area (Å²) in [6.07, 6.45) is 1.67. The van der Waals surface area contributed by atoms with E-state index in [0.717, 1.165) is 0 Å². The Labute approximate surface area is 96.7 Å². The van der Waals surface area contributed by atoms with Gasteiger partial charge in [-0.1, -0.05) is 6.07 Å². The van der Waals surface area contributed by atoms with Crippen molar-refractivity contribution >= 4 is 22.9 Å². The third kappa shape index (κ3) is 2.10. The first-order chi connectivity index (χ1) is 8.09. The van der Waals surface area contributed by atoms with Gasteiger partial charge in [0.25, 0.3) is 0 Å². The van der Waals surface area contributed by atoms with E-state index in [1.807, 2.05) is 0 Å². The molecule has 0 fully saturated rings. The van der Waals surface area contributed by atoms with Gasteiger partial charge in [0.1, 0.15) is 0 Å². The number of aryl methyl sites for hydroxylation is 1. The van der Waals surface area contributed by atoms with Gasteiger partial charge >= 0.3 is 5.97 Å². The van der Waals surface area contributed by atoms with E-state index in [1.54, 1.807) is 16.7 Å². The Morgan fingerprint density at radius 3 is 2.82 bits per heavy atom. The van der Waals surface area contributed by atoms with Gasteiger partial charge in [0, 0.05) is 13.0 Å². The third-order valence-electron chi connectivity index (χ3n) is 2.47. The van der Waals surface area contributed by atoms with Crippen molar-refractivity contribution < 1.29 is 14.7 Å². The summed E-state index contributed by atoms with van der Waals surface area (Å²) >= 11 is 0. The molecule has 17 heavy (non-hydrogen) atoms. The molecule has 0 saturated heterocycles. The van der Waals surface area contributed by atoms with E-state index in [4.69, 9.17) is 10.8 Å². The lowest BCUT2D eigenvalue weighted by Gasteiger charge is -2.04. The highest BCUT2D eigenvalue weighted by atomic mass is 16.4. The lowest BCUT2D eigenvalue weighted by molar-refractivity contribution is -0.118. The SMILES string of the molecule is NC(=O)CCn1cnc2cccc(C(=O)O)c21. The van der Waals surface area contributed by atoms with E-state index in [1.165, 1.54) is 12.4 Å². The molecular weight excluding hydrogens is 222 g/mol. The highest BCUT2D eigenvalue weighted by molar-refractivity contribution is 6.01. The summed E-state index contributed by atoms with van der Waals surface area (Å²) in [6, 6.07) is 4.87. The summed E-state index contributed by atoms with van der Waals surface area (Å²) in [5, 5.41) is 9.07. The fourth-order valence-corrected chi connectivity index (χ4v) is 1.70. The molecule has 0 radical (unpaired) electrons. The number of imidazole rings is 1. The number of carbonyl (C=O) groups is 2. The first-order valence-corrected chi connectivity index (χ1v) is 5.05. The van der Waals surface area contributed by atoms with E-state index in [2.05, 4.69) is 4.98 Å². The van der Waals surface area contributed by atoms with E-state index in [-0.39, 0.29) is 12.0 Å². The number of carboxylic acid groups (broad SMARTS) is 1. The molecular formula is C11H11N3O3. The molecule has 0 spiro atoms. The molecule has 88 valence electrons. The van der Waals surface area contributed by atoms with Gasteiger partial charge in [0.15, 0.2) is 0 Å². The van der Waals surface area contributed by atoms with Crippen LogP contribution in [0.15, 0.2) is 24.5 Å². The number of carboxylic acids is 1. The number of nitrogens with two attached hydrogens (primary N) is 1. The van der Waals surface area contributed by atoms with Crippen LogP contribution in [0.25, 0.3) is 11.0 Å². The fraction of sp³-hybridized carbons (Fsp3) is 0.182. The summed E-state index contributed by atoms with van der Waals surface area (Å²) in [7, 11) is 0. The van der Waals surface area contributed by atoms with E-state index >= 15 is 0 Å². The average Bonchev–Trinajstić information content (AvgIpc) is 2.69. The minimum Gasteiger partial charge on any atom is -0.478 e. The zero-order valence-electron chi connectivity index (χ0n) is 8.96. The van der Waals surface area contributed by atoms with Crippen LogP contribution in [0.2, 0.25) is 0 Å². The number of primary amides is 1. The quantitative estimate of drug-likeness (QED) is 0.808. The molecule has 1 amide bonds. The molecule has 2 rings (SSSR count). The predicted octanol–water partition coefficient (Wildman–Crippen LogP) is 0.610. The molecule has 0 aliphatic rings. The van der Waals surface area contributed by atoms with Gasteiger partial charge in [-0.15, -0.1) is 0 Å². The van der Waals surface area contributed by atoms with Crippen molar-refractivity contribution in [1.82, 2.24) is 9.55 Å². The number of fused-ring (bicyclic) bond motifs is 1. The maximum Gasteiger partial charge on any atom is 0.337 e. The number of benzene rings is 1. The van der Waals surface area contributed by atoms with Crippen LogP contribution in [0.5, 0.6) is 0 Å². The van der Waals surface area contributed by atoms with Crippen molar-refractivity contribution in [2.75, 3.05) is 0 Å². The molecule has 0 aliphatic carbocycles. The van der Waals surface area contributed by atoms with Gasteiger partial charge in [-0.05, 0) is 12.1 Å². The fourth-order valence-electron chi connectivity index (χ4n) is 1.70. The summed E-state index contributed by atoms with van der Waals surface area (Å²) in [6.45, 7) is 0.329. The minimum absolute atomic E-state index is 0.152. The molecule has 3 N–H and O–H groups in total. The molecule has 0 atom stereocenters. The number of carbonyl (C=O) groups excluding carboxylic acids is 1. The molecule has 0 unspecified atom stereocenters. The van der Waals surface area contributed by atoms with Crippen LogP contribution in [-0.4, -0.2) is 26.5 Å². The predicted molar refractivity (Wildman–Crippen MR) is 60.5 cm³/mol. The van der Waals surface area contributed by atoms with Crippen molar-refractivity contribution in [3.05, 3.63) is 30.1 Å². The maximum atomic E-state index is 11.1. The standard InChI is InChI=1S/C11H11N3O3/c12-9(15)4-5-14-6-13-8-3-1-2-7(10(8)14)11(16)17/h1-3,6H,4-5H2,(H2,12,15)(H,16,17). The zero-order valence-corrected chi connectivity index (χ0v) is 8.96. The third-order valence-corrected chi connectivity index (χ3v) is 2.47. The van der Waals surface area contributed by atoms with Crippen molar-refractivity contribution in [3.63, 3.8) is 0 Å². The summed E-state index contributed by atoms with van der Waals surface area (Å²) in [4.78, 5) is 25.9. The van der Waals surface area contributed by atoms with Crippen LogP contribution in [0.4, 0.5) is 0 Å². The normalized spacial score (nSPS) is 10.6. The molecule has 2 aromatic rings. The van der Waals surface area contributed by atoms with E-state index in [9.17, 15) is 9.59 Å². The molecule has 1 aromatic carbocycles. The van der Waals surface area contributed by atoms with Crippen LogP contribution in [0, 0.1) is 0 Å². The lowest BCUT2D eigenvalue weighted by atomic mass is 10.2.